The fourth-order valence-electron chi connectivity index (χ4n) is 4.11. The molecule has 3 aromatic rings. The number of unbranched alkanes of at least 4 members (excludes halogenated alkanes) is 3. The third-order valence-electron chi connectivity index (χ3n) is 6.24. The third kappa shape index (κ3) is 8.50. The topological polar surface area (TPSA) is 57.2 Å². The van der Waals surface area contributed by atoms with Crippen molar-refractivity contribution in [2.45, 2.75) is 39.2 Å². The molecule has 1 aliphatic heterocycles. The SMILES string of the molecule is CCCCCCOc1ccc(OCCOc2ccc(C=C3SC(=S)N(Cc4ccccc4)C3=O)cc2OC)cc1. The molecule has 4 rings (SSSR count). The number of carbonyl (C=O) groups excluding carboxylic acids is 1. The van der Waals surface area contributed by atoms with E-state index >= 15 is 0 Å². The average molecular weight is 578 g/mol. The third-order valence-corrected chi connectivity index (χ3v) is 7.62. The summed E-state index contributed by atoms with van der Waals surface area (Å²) < 4.78 is 23.6. The van der Waals surface area contributed by atoms with Crippen LogP contribution in [-0.2, 0) is 11.3 Å². The van der Waals surface area contributed by atoms with Crippen molar-refractivity contribution >= 4 is 40.3 Å². The molecule has 0 aliphatic carbocycles. The summed E-state index contributed by atoms with van der Waals surface area (Å²) in [5.41, 5.74) is 1.86. The van der Waals surface area contributed by atoms with E-state index in [1.807, 2.05) is 78.9 Å². The number of thioether (sulfide) groups is 1. The molecule has 0 aromatic heterocycles. The van der Waals surface area contributed by atoms with Gasteiger partial charge in [0, 0.05) is 0 Å². The number of benzene rings is 3. The lowest BCUT2D eigenvalue weighted by molar-refractivity contribution is -0.122. The fourth-order valence-corrected chi connectivity index (χ4v) is 5.36. The van der Waals surface area contributed by atoms with Gasteiger partial charge >= 0.3 is 0 Å². The quantitative estimate of drug-likeness (QED) is 0.105. The van der Waals surface area contributed by atoms with E-state index in [-0.39, 0.29) is 5.91 Å². The van der Waals surface area contributed by atoms with E-state index < -0.39 is 0 Å². The van der Waals surface area contributed by atoms with Gasteiger partial charge in [0.1, 0.15) is 29.0 Å². The summed E-state index contributed by atoms with van der Waals surface area (Å²) in [7, 11) is 1.59. The van der Waals surface area contributed by atoms with Crippen molar-refractivity contribution in [2.24, 2.45) is 0 Å². The molecular formula is C32H35NO5S2. The van der Waals surface area contributed by atoms with Crippen LogP contribution < -0.4 is 18.9 Å². The average Bonchev–Trinajstić information content (AvgIpc) is 3.24. The first-order valence-electron chi connectivity index (χ1n) is 13.5. The van der Waals surface area contributed by atoms with Gasteiger partial charge in [0.15, 0.2) is 11.5 Å². The predicted molar refractivity (Wildman–Crippen MR) is 165 cm³/mol. The first-order valence-corrected chi connectivity index (χ1v) is 14.8. The first-order chi connectivity index (χ1) is 19.6. The number of rotatable bonds is 15. The number of amides is 1. The Labute approximate surface area is 246 Å². The summed E-state index contributed by atoms with van der Waals surface area (Å²) in [5, 5.41) is 0. The van der Waals surface area contributed by atoms with Crippen LogP contribution in [0, 0.1) is 0 Å². The standard InChI is InChI=1S/C32H35NO5S2/c1-3-4-5-9-18-36-26-13-15-27(16-14-26)37-19-20-38-28-17-12-25(21-29(28)35-2)22-30-31(34)33(32(39)40-30)23-24-10-7-6-8-11-24/h6-8,10-17,21-22H,3-5,9,18-20,23H2,1-2H3. The zero-order valence-corrected chi connectivity index (χ0v) is 24.6. The van der Waals surface area contributed by atoms with Crippen LogP contribution >= 0.6 is 24.0 Å². The van der Waals surface area contributed by atoms with Gasteiger partial charge in [-0.05, 0) is 60.0 Å². The summed E-state index contributed by atoms with van der Waals surface area (Å²) >= 11 is 6.78. The Hall–Kier alpha value is -3.49. The smallest absolute Gasteiger partial charge is 0.266 e. The Balaban J connectivity index is 1.26. The Bertz CT molecular complexity index is 1290. The van der Waals surface area contributed by atoms with Crippen LogP contribution in [0.2, 0.25) is 0 Å². The molecule has 0 radical (unpaired) electrons. The van der Waals surface area contributed by atoms with Gasteiger partial charge in [-0.3, -0.25) is 9.69 Å². The van der Waals surface area contributed by atoms with E-state index in [0.29, 0.717) is 40.5 Å². The molecule has 0 N–H and O–H groups in total. The van der Waals surface area contributed by atoms with Gasteiger partial charge in [-0.15, -0.1) is 0 Å². The molecule has 210 valence electrons. The Kier molecular flexibility index (Phi) is 11.3. The Morgan fingerprint density at radius 2 is 1.52 bits per heavy atom. The lowest BCUT2D eigenvalue weighted by atomic mass is 10.1. The summed E-state index contributed by atoms with van der Waals surface area (Å²) in [5.74, 6) is 2.69. The molecule has 1 fully saturated rings. The Morgan fingerprint density at radius 1 is 0.825 bits per heavy atom. The van der Waals surface area contributed by atoms with Gasteiger partial charge in [0.05, 0.1) is 25.2 Å². The molecule has 1 heterocycles. The van der Waals surface area contributed by atoms with E-state index in [9.17, 15) is 4.79 Å². The van der Waals surface area contributed by atoms with Crippen LogP contribution in [0.1, 0.15) is 43.7 Å². The van der Waals surface area contributed by atoms with Crippen molar-refractivity contribution in [3.63, 3.8) is 0 Å². The molecule has 0 saturated carbocycles. The highest BCUT2D eigenvalue weighted by Crippen LogP contribution is 2.35. The molecule has 0 atom stereocenters. The summed E-state index contributed by atoms with van der Waals surface area (Å²) in [6.07, 6.45) is 6.57. The molecule has 8 heteroatoms. The van der Waals surface area contributed by atoms with Gasteiger partial charge in [0.2, 0.25) is 0 Å². The monoisotopic (exact) mass is 577 g/mol. The lowest BCUT2D eigenvalue weighted by Gasteiger charge is -2.14. The zero-order chi connectivity index (χ0) is 28.2. The number of hydrogen-bond acceptors (Lipinski definition) is 7. The molecule has 6 nitrogen and oxygen atoms in total. The second kappa shape index (κ2) is 15.3. The number of nitrogens with zero attached hydrogens (tertiary/aromatic N) is 1. The number of ether oxygens (including phenoxy) is 4. The molecule has 40 heavy (non-hydrogen) atoms. The van der Waals surface area contributed by atoms with Gasteiger partial charge in [-0.25, -0.2) is 0 Å². The summed E-state index contributed by atoms with van der Waals surface area (Å²) in [6, 6.07) is 23.1. The molecule has 1 amide bonds. The van der Waals surface area contributed by atoms with Gasteiger partial charge in [-0.2, -0.15) is 0 Å². The zero-order valence-electron chi connectivity index (χ0n) is 23.0. The van der Waals surface area contributed by atoms with Crippen LogP contribution in [0.15, 0.2) is 77.7 Å². The van der Waals surface area contributed by atoms with Crippen LogP contribution in [-0.4, -0.2) is 42.1 Å². The van der Waals surface area contributed by atoms with Gasteiger partial charge in [-0.1, -0.05) is 86.6 Å². The van der Waals surface area contributed by atoms with Crippen LogP contribution in [0.5, 0.6) is 23.0 Å². The minimum Gasteiger partial charge on any atom is -0.494 e. The van der Waals surface area contributed by atoms with E-state index in [2.05, 4.69) is 6.92 Å². The number of thiocarbonyl (C=S) groups is 1. The van der Waals surface area contributed by atoms with Crippen molar-refractivity contribution in [3.8, 4) is 23.0 Å². The highest BCUT2D eigenvalue weighted by atomic mass is 32.2. The normalized spacial score (nSPS) is 14.1. The lowest BCUT2D eigenvalue weighted by Crippen LogP contribution is -2.27. The summed E-state index contributed by atoms with van der Waals surface area (Å²) in [6.45, 7) is 4.13. The van der Waals surface area contributed by atoms with Gasteiger partial charge < -0.3 is 18.9 Å². The first kappa shape index (κ1) is 29.5. The van der Waals surface area contributed by atoms with Crippen LogP contribution in [0.25, 0.3) is 6.08 Å². The molecule has 1 saturated heterocycles. The van der Waals surface area contributed by atoms with E-state index in [0.717, 1.165) is 35.7 Å². The van der Waals surface area contributed by atoms with E-state index in [4.69, 9.17) is 31.2 Å². The highest BCUT2D eigenvalue weighted by molar-refractivity contribution is 8.26. The van der Waals surface area contributed by atoms with E-state index in [1.54, 1.807) is 12.0 Å². The second-order valence-electron chi connectivity index (χ2n) is 9.24. The van der Waals surface area contributed by atoms with Crippen LogP contribution in [0.3, 0.4) is 0 Å². The van der Waals surface area contributed by atoms with Crippen LogP contribution in [0.4, 0.5) is 0 Å². The minimum atomic E-state index is -0.0955. The molecule has 0 bridgehead atoms. The number of methoxy groups -OCH3 is 1. The largest absolute Gasteiger partial charge is 0.494 e. The fraction of sp³-hybridized carbons (Fsp3) is 0.312. The van der Waals surface area contributed by atoms with Crippen molar-refractivity contribution in [2.75, 3.05) is 26.9 Å². The Morgan fingerprint density at radius 3 is 2.23 bits per heavy atom. The maximum Gasteiger partial charge on any atom is 0.266 e. The van der Waals surface area contributed by atoms with Crippen molar-refractivity contribution < 1.29 is 23.7 Å². The maximum absolute atomic E-state index is 13.0. The predicted octanol–water partition coefficient (Wildman–Crippen LogP) is 7.51. The molecular weight excluding hydrogens is 542 g/mol. The number of hydrogen-bond donors (Lipinski definition) is 0. The molecule has 0 unspecified atom stereocenters. The molecule has 1 aliphatic rings. The van der Waals surface area contributed by atoms with Gasteiger partial charge in [0.25, 0.3) is 5.91 Å². The van der Waals surface area contributed by atoms with Crippen molar-refractivity contribution in [3.05, 3.63) is 88.8 Å². The minimum absolute atomic E-state index is 0.0955. The number of carbonyl (C=O) groups is 1. The van der Waals surface area contributed by atoms with Crippen molar-refractivity contribution in [1.82, 2.24) is 4.90 Å². The molecule has 0 spiro atoms. The highest BCUT2D eigenvalue weighted by Gasteiger charge is 2.32. The maximum atomic E-state index is 13.0. The summed E-state index contributed by atoms with van der Waals surface area (Å²) in [4.78, 5) is 15.2. The molecule has 3 aromatic carbocycles. The van der Waals surface area contributed by atoms with E-state index in [1.165, 1.54) is 31.0 Å². The second-order valence-corrected chi connectivity index (χ2v) is 10.9. The van der Waals surface area contributed by atoms with Crippen molar-refractivity contribution in [1.29, 1.82) is 0 Å².